The molecule has 0 saturated heterocycles. The molecule has 2 N–H and O–H groups in total. The van der Waals surface area contributed by atoms with E-state index in [2.05, 4.69) is 20.8 Å². The molecule has 0 atom stereocenters. The van der Waals surface area contributed by atoms with Gasteiger partial charge in [0.15, 0.2) is 11.0 Å². The third kappa shape index (κ3) is 5.53. The molecule has 0 bridgehead atoms. The molecule has 0 aliphatic carbocycles. The van der Waals surface area contributed by atoms with E-state index >= 15 is 0 Å². The average Bonchev–Trinajstić information content (AvgIpc) is 3.26. The third-order valence-electron chi connectivity index (χ3n) is 4.73. The molecule has 0 saturated carbocycles. The number of aromatic nitrogens is 3. The molecule has 9 nitrogen and oxygen atoms in total. The highest BCUT2D eigenvalue weighted by molar-refractivity contribution is 7.99. The zero-order valence-electron chi connectivity index (χ0n) is 17.7. The van der Waals surface area contributed by atoms with Gasteiger partial charge in [-0.1, -0.05) is 65.8 Å². The number of carbonyl (C=O) groups excluding carboxylic acids is 1. The van der Waals surface area contributed by atoms with Crippen LogP contribution >= 0.6 is 23.4 Å². The first kappa shape index (κ1) is 23.3. The lowest BCUT2D eigenvalue weighted by Crippen LogP contribution is -2.15. The Bertz CT molecular complexity index is 1320. The Balaban J connectivity index is 1.51. The molecule has 172 valence electrons. The first-order valence-corrected chi connectivity index (χ1v) is 11.5. The predicted molar refractivity (Wildman–Crippen MR) is 133 cm³/mol. The van der Waals surface area contributed by atoms with Gasteiger partial charge < -0.3 is 10.6 Å². The molecule has 4 aromatic rings. The Labute approximate surface area is 204 Å². The van der Waals surface area contributed by atoms with Crippen molar-refractivity contribution in [2.45, 2.75) is 11.7 Å². The number of carbonyl (C=O) groups is 1. The number of nitrogens with zero attached hydrogens (tertiary/aromatic N) is 4. The van der Waals surface area contributed by atoms with Crippen LogP contribution in [0.4, 0.5) is 17.1 Å². The lowest BCUT2D eigenvalue weighted by molar-refractivity contribution is -0.383. The van der Waals surface area contributed by atoms with Crippen molar-refractivity contribution in [2.24, 2.45) is 0 Å². The van der Waals surface area contributed by atoms with Crippen LogP contribution in [0.15, 0.2) is 84.0 Å². The highest BCUT2D eigenvalue weighted by Crippen LogP contribution is 2.26. The van der Waals surface area contributed by atoms with E-state index in [0.29, 0.717) is 22.5 Å². The number of thioether (sulfide) groups is 1. The molecular formula is C23H19ClN6O3S. The van der Waals surface area contributed by atoms with Crippen molar-refractivity contribution in [3.63, 3.8) is 0 Å². The summed E-state index contributed by atoms with van der Waals surface area (Å²) >= 11 is 7.42. The van der Waals surface area contributed by atoms with Crippen LogP contribution in [0.1, 0.15) is 5.82 Å². The first-order chi connectivity index (χ1) is 16.5. The van der Waals surface area contributed by atoms with E-state index in [9.17, 15) is 14.9 Å². The van der Waals surface area contributed by atoms with Crippen LogP contribution in [0, 0.1) is 10.1 Å². The molecule has 11 heteroatoms. The van der Waals surface area contributed by atoms with Gasteiger partial charge in [0.1, 0.15) is 5.69 Å². The maximum Gasteiger partial charge on any atom is 0.292 e. The fourth-order valence-electron chi connectivity index (χ4n) is 3.18. The number of halogens is 1. The first-order valence-electron chi connectivity index (χ1n) is 10.2. The number of benzene rings is 3. The number of hydrogen-bond donors (Lipinski definition) is 2. The number of amides is 1. The lowest BCUT2D eigenvalue weighted by atomic mass is 10.2. The number of nitro benzene ring substituents is 1. The monoisotopic (exact) mass is 494 g/mol. The molecule has 1 amide bonds. The molecule has 0 aliphatic rings. The second kappa shape index (κ2) is 10.8. The van der Waals surface area contributed by atoms with E-state index in [1.807, 2.05) is 53.1 Å². The van der Waals surface area contributed by atoms with Crippen molar-refractivity contribution in [2.75, 3.05) is 16.4 Å². The summed E-state index contributed by atoms with van der Waals surface area (Å²) in [5, 5.41) is 26.7. The number of para-hydroxylation sites is 4. The predicted octanol–water partition coefficient (Wildman–Crippen LogP) is 5.17. The molecule has 4 rings (SSSR count). The van der Waals surface area contributed by atoms with Gasteiger partial charge >= 0.3 is 0 Å². The van der Waals surface area contributed by atoms with Crippen molar-refractivity contribution in [1.29, 1.82) is 0 Å². The molecule has 1 aromatic heterocycles. The molecule has 34 heavy (non-hydrogen) atoms. The van der Waals surface area contributed by atoms with Gasteiger partial charge in [0.25, 0.3) is 5.69 Å². The standard InChI is InChI=1S/C23H19ClN6O3S/c24-17-10-4-5-11-18(17)25-14-21-27-28-23(29(21)16-8-2-1-3-9-16)34-15-22(31)26-19-12-6-7-13-20(19)30(32)33/h1-13,25H,14-15H2,(H,26,31). The third-order valence-corrected chi connectivity index (χ3v) is 5.99. The summed E-state index contributed by atoms with van der Waals surface area (Å²) in [6.07, 6.45) is 0. The molecular weight excluding hydrogens is 476 g/mol. The Morgan fingerprint density at radius 1 is 0.971 bits per heavy atom. The van der Waals surface area contributed by atoms with Crippen molar-refractivity contribution in [3.05, 3.63) is 99.8 Å². The summed E-state index contributed by atoms with van der Waals surface area (Å²) in [6, 6.07) is 22.9. The van der Waals surface area contributed by atoms with Gasteiger partial charge in [0, 0.05) is 11.8 Å². The van der Waals surface area contributed by atoms with Gasteiger partial charge in [-0.2, -0.15) is 0 Å². The minimum atomic E-state index is -0.535. The highest BCUT2D eigenvalue weighted by Gasteiger charge is 2.18. The van der Waals surface area contributed by atoms with Crippen LogP contribution in [0.25, 0.3) is 5.69 Å². The lowest BCUT2D eigenvalue weighted by Gasteiger charge is -2.12. The quantitative estimate of drug-likeness (QED) is 0.187. The number of nitro groups is 1. The topological polar surface area (TPSA) is 115 Å². The Kier molecular flexibility index (Phi) is 7.41. The Hall–Kier alpha value is -3.89. The molecule has 0 radical (unpaired) electrons. The van der Waals surface area contributed by atoms with Crippen molar-refractivity contribution in [1.82, 2.24) is 14.8 Å². The van der Waals surface area contributed by atoms with Gasteiger partial charge in [-0.05, 0) is 30.3 Å². The summed E-state index contributed by atoms with van der Waals surface area (Å²) in [4.78, 5) is 23.2. The summed E-state index contributed by atoms with van der Waals surface area (Å²) in [5.74, 6) is 0.236. The minimum Gasteiger partial charge on any atom is -0.377 e. The van der Waals surface area contributed by atoms with Crippen LogP contribution in [0.5, 0.6) is 0 Å². The summed E-state index contributed by atoms with van der Waals surface area (Å²) in [5.41, 5.74) is 1.59. The average molecular weight is 495 g/mol. The van der Waals surface area contributed by atoms with Gasteiger partial charge in [-0.3, -0.25) is 19.5 Å². The van der Waals surface area contributed by atoms with E-state index in [1.165, 1.54) is 23.9 Å². The molecule has 3 aromatic carbocycles. The SMILES string of the molecule is O=C(CSc1nnc(CNc2ccccc2Cl)n1-c1ccccc1)Nc1ccccc1[N+](=O)[O-]. The van der Waals surface area contributed by atoms with Crippen molar-refractivity contribution in [3.8, 4) is 5.69 Å². The second-order valence-corrected chi connectivity index (χ2v) is 8.36. The number of anilines is 2. The maximum absolute atomic E-state index is 12.5. The number of rotatable bonds is 9. The molecule has 0 aliphatic heterocycles. The van der Waals surface area contributed by atoms with Crippen molar-refractivity contribution >= 4 is 46.3 Å². The summed E-state index contributed by atoms with van der Waals surface area (Å²) in [7, 11) is 0. The Morgan fingerprint density at radius 3 is 2.38 bits per heavy atom. The molecule has 0 unspecified atom stereocenters. The van der Waals surface area contributed by atoms with Gasteiger partial charge in [0.05, 0.1) is 27.9 Å². The number of hydrogen-bond acceptors (Lipinski definition) is 7. The van der Waals surface area contributed by atoms with E-state index in [-0.39, 0.29) is 17.1 Å². The van der Waals surface area contributed by atoms with Crippen LogP contribution in [0.2, 0.25) is 5.02 Å². The van der Waals surface area contributed by atoms with Gasteiger partial charge in [-0.15, -0.1) is 10.2 Å². The van der Waals surface area contributed by atoms with E-state index in [1.54, 1.807) is 18.2 Å². The molecule has 1 heterocycles. The van der Waals surface area contributed by atoms with Gasteiger partial charge in [0.2, 0.25) is 5.91 Å². The largest absolute Gasteiger partial charge is 0.377 e. The zero-order valence-corrected chi connectivity index (χ0v) is 19.3. The van der Waals surface area contributed by atoms with E-state index in [0.717, 1.165) is 11.4 Å². The van der Waals surface area contributed by atoms with Crippen molar-refractivity contribution < 1.29 is 9.72 Å². The molecule has 0 fully saturated rings. The second-order valence-electron chi connectivity index (χ2n) is 7.01. The fraction of sp³-hybridized carbons (Fsp3) is 0.0870. The van der Waals surface area contributed by atoms with E-state index < -0.39 is 10.8 Å². The van der Waals surface area contributed by atoms with Crippen LogP contribution < -0.4 is 10.6 Å². The van der Waals surface area contributed by atoms with Gasteiger partial charge in [-0.25, -0.2) is 0 Å². The molecule has 0 spiro atoms. The minimum absolute atomic E-state index is 0.00500. The smallest absolute Gasteiger partial charge is 0.292 e. The van der Waals surface area contributed by atoms with Crippen LogP contribution in [0.3, 0.4) is 0 Å². The normalized spacial score (nSPS) is 10.6. The van der Waals surface area contributed by atoms with Crippen LogP contribution in [-0.2, 0) is 11.3 Å². The highest BCUT2D eigenvalue weighted by atomic mass is 35.5. The summed E-state index contributed by atoms with van der Waals surface area (Å²) < 4.78 is 1.85. The zero-order chi connectivity index (χ0) is 23.9. The Morgan fingerprint density at radius 2 is 1.65 bits per heavy atom. The number of nitrogens with one attached hydrogen (secondary N) is 2. The maximum atomic E-state index is 12.5. The summed E-state index contributed by atoms with van der Waals surface area (Å²) in [6.45, 7) is 0.356. The fourth-order valence-corrected chi connectivity index (χ4v) is 4.15. The van der Waals surface area contributed by atoms with Crippen LogP contribution in [-0.4, -0.2) is 31.3 Å². The van der Waals surface area contributed by atoms with E-state index in [4.69, 9.17) is 11.6 Å².